The number of nitrogens with zero attached hydrogens (tertiary/aromatic N) is 2. The minimum Gasteiger partial charge on any atom is -0.371 e. The van der Waals surface area contributed by atoms with Gasteiger partial charge < -0.3 is 9.30 Å². The second-order valence-electron chi connectivity index (χ2n) is 5.30. The number of hydrogen-bond donors (Lipinski definition) is 0. The highest BCUT2D eigenvalue weighted by molar-refractivity contribution is 5.87. The Balaban J connectivity index is 2.24. The van der Waals surface area contributed by atoms with Gasteiger partial charge in [-0.25, -0.2) is 0 Å². The summed E-state index contributed by atoms with van der Waals surface area (Å²) >= 11 is 0. The molecule has 1 atom stereocenters. The van der Waals surface area contributed by atoms with Gasteiger partial charge in [0.15, 0.2) is 0 Å². The second kappa shape index (κ2) is 4.06. The maximum atomic E-state index is 10.9. The summed E-state index contributed by atoms with van der Waals surface area (Å²) in [5.74, 6) is 0. The molecule has 2 aromatic rings. The molecule has 0 saturated carbocycles. The number of nitro benzene ring substituents is 1. The molecule has 1 fully saturated rings. The van der Waals surface area contributed by atoms with Crippen LogP contribution in [0.2, 0.25) is 0 Å². The Morgan fingerprint density at radius 3 is 2.89 bits per heavy atom. The van der Waals surface area contributed by atoms with E-state index < -0.39 is 0 Å². The van der Waals surface area contributed by atoms with E-state index in [0.29, 0.717) is 0 Å². The Morgan fingerprint density at radius 2 is 2.26 bits per heavy atom. The van der Waals surface area contributed by atoms with Crippen LogP contribution >= 0.6 is 0 Å². The third-order valence-electron chi connectivity index (χ3n) is 3.97. The Labute approximate surface area is 110 Å². The SMILES string of the molecule is Cn1cc(C2(C)CCCO2)c2cc([N+](=O)[O-])ccc21. The molecule has 1 aliphatic heterocycles. The zero-order valence-corrected chi connectivity index (χ0v) is 11.0. The van der Waals surface area contributed by atoms with Crippen LogP contribution in [0.25, 0.3) is 10.9 Å². The highest BCUT2D eigenvalue weighted by Gasteiger charge is 2.34. The second-order valence-corrected chi connectivity index (χ2v) is 5.30. The predicted octanol–water partition coefficient (Wildman–Crippen LogP) is 3.11. The molecule has 2 heterocycles. The number of hydrogen-bond acceptors (Lipinski definition) is 3. The van der Waals surface area contributed by atoms with Crippen LogP contribution in [0, 0.1) is 10.1 Å². The number of aryl methyl sites for hydroxylation is 1. The monoisotopic (exact) mass is 260 g/mol. The highest BCUT2D eigenvalue weighted by atomic mass is 16.6. The van der Waals surface area contributed by atoms with Crippen molar-refractivity contribution in [2.75, 3.05) is 6.61 Å². The molecule has 0 aliphatic carbocycles. The molecule has 5 heteroatoms. The van der Waals surface area contributed by atoms with Gasteiger partial charge in [-0.2, -0.15) is 0 Å². The van der Waals surface area contributed by atoms with Crippen LogP contribution in [0.15, 0.2) is 24.4 Å². The molecule has 19 heavy (non-hydrogen) atoms. The van der Waals surface area contributed by atoms with Gasteiger partial charge in [-0.15, -0.1) is 0 Å². The van der Waals surface area contributed by atoms with Crippen molar-refractivity contribution < 1.29 is 9.66 Å². The van der Waals surface area contributed by atoms with E-state index in [1.165, 1.54) is 0 Å². The zero-order chi connectivity index (χ0) is 13.6. The van der Waals surface area contributed by atoms with Gasteiger partial charge in [-0.3, -0.25) is 10.1 Å². The summed E-state index contributed by atoms with van der Waals surface area (Å²) in [5, 5.41) is 11.8. The molecule has 0 spiro atoms. The first kappa shape index (κ1) is 12.2. The summed E-state index contributed by atoms with van der Waals surface area (Å²) in [4.78, 5) is 10.6. The van der Waals surface area contributed by atoms with Gasteiger partial charge in [0, 0.05) is 48.5 Å². The topological polar surface area (TPSA) is 57.3 Å². The standard InChI is InChI=1S/C14H16N2O3/c1-14(6-3-7-19-14)12-9-15(2)13-5-4-10(16(17)18)8-11(12)13/h4-5,8-9H,3,6-7H2,1-2H3. The van der Waals surface area contributed by atoms with Crippen LogP contribution in [0.4, 0.5) is 5.69 Å². The number of aromatic nitrogens is 1. The number of benzene rings is 1. The summed E-state index contributed by atoms with van der Waals surface area (Å²) < 4.78 is 7.87. The van der Waals surface area contributed by atoms with Gasteiger partial charge in [0.2, 0.25) is 0 Å². The molecule has 0 amide bonds. The van der Waals surface area contributed by atoms with Crippen LogP contribution in [-0.4, -0.2) is 16.1 Å². The van der Waals surface area contributed by atoms with Gasteiger partial charge >= 0.3 is 0 Å². The first-order valence-corrected chi connectivity index (χ1v) is 6.39. The molecule has 1 saturated heterocycles. The Hall–Kier alpha value is -1.88. The third-order valence-corrected chi connectivity index (χ3v) is 3.97. The van der Waals surface area contributed by atoms with Gasteiger partial charge in [0.25, 0.3) is 5.69 Å². The van der Waals surface area contributed by atoms with Crippen LogP contribution in [0.1, 0.15) is 25.3 Å². The molecule has 1 aromatic heterocycles. The van der Waals surface area contributed by atoms with E-state index in [1.54, 1.807) is 18.2 Å². The maximum Gasteiger partial charge on any atom is 0.270 e. The van der Waals surface area contributed by atoms with E-state index in [9.17, 15) is 10.1 Å². The molecule has 1 aliphatic rings. The maximum absolute atomic E-state index is 10.9. The van der Waals surface area contributed by atoms with Crippen molar-refractivity contribution in [1.82, 2.24) is 4.57 Å². The normalized spacial score (nSPS) is 23.1. The fourth-order valence-corrected chi connectivity index (χ4v) is 2.91. The largest absolute Gasteiger partial charge is 0.371 e. The molecule has 5 nitrogen and oxygen atoms in total. The molecular weight excluding hydrogens is 244 g/mol. The molecule has 100 valence electrons. The fourth-order valence-electron chi connectivity index (χ4n) is 2.91. The number of non-ortho nitro benzene ring substituents is 1. The van der Waals surface area contributed by atoms with Crippen molar-refractivity contribution >= 4 is 16.6 Å². The van der Waals surface area contributed by atoms with Crippen LogP contribution in [0.3, 0.4) is 0 Å². The first-order chi connectivity index (χ1) is 9.01. The summed E-state index contributed by atoms with van der Waals surface area (Å²) in [6.45, 7) is 2.81. The van der Waals surface area contributed by atoms with Gasteiger partial charge in [0.05, 0.1) is 10.5 Å². The Morgan fingerprint density at radius 1 is 1.47 bits per heavy atom. The van der Waals surface area contributed by atoms with E-state index in [4.69, 9.17) is 4.74 Å². The summed E-state index contributed by atoms with van der Waals surface area (Å²) in [6, 6.07) is 5.00. The fraction of sp³-hybridized carbons (Fsp3) is 0.429. The van der Waals surface area contributed by atoms with Crippen molar-refractivity contribution in [3.8, 4) is 0 Å². The lowest BCUT2D eigenvalue weighted by atomic mass is 9.92. The van der Waals surface area contributed by atoms with Crippen molar-refractivity contribution in [2.45, 2.75) is 25.4 Å². The van der Waals surface area contributed by atoms with Crippen molar-refractivity contribution in [2.24, 2.45) is 7.05 Å². The molecule has 0 radical (unpaired) electrons. The van der Waals surface area contributed by atoms with E-state index >= 15 is 0 Å². The van der Waals surface area contributed by atoms with E-state index in [-0.39, 0.29) is 16.2 Å². The average Bonchev–Trinajstić information content (AvgIpc) is 2.95. The van der Waals surface area contributed by atoms with E-state index in [0.717, 1.165) is 35.9 Å². The lowest BCUT2D eigenvalue weighted by Gasteiger charge is -2.22. The quantitative estimate of drug-likeness (QED) is 0.615. The van der Waals surface area contributed by atoms with Crippen LogP contribution in [-0.2, 0) is 17.4 Å². The highest BCUT2D eigenvalue weighted by Crippen LogP contribution is 2.40. The number of ether oxygens (including phenoxy) is 1. The first-order valence-electron chi connectivity index (χ1n) is 6.39. The predicted molar refractivity (Wildman–Crippen MR) is 72.1 cm³/mol. The smallest absolute Gasteiger partial charge is 0.270 e. The van der Waals surface area contributed by atoms with Crippen molar-refractivity contribution in [3.63, 3.8) is 0 Å². The lowest BCUT2D eigenvalue weighted by Crippen LogP contribution is -2.19. The third kappa shape index (κ3) is 1.81. The Bertz CT molecular complexity index is 654. The van der Waals surface area contributed by atoms with Crippen LogP contribution < -0.4 is 0 Å². The molecule has 3 rings (SSSR count). The molecule has 1 unspecified atom stereocenters. The number of fused-ring (bicyclic) bond motifs is 1. The molecule has 0 bridgehead atoms. The summed E-state index contributed by atoms with van der Waals surface area (Å²) in [6.07, 6.45) is 4.01. The minimum atomic E-state index is -0.353. The van der Waals surface area contributed by atoms with E-state index in [1.807, 2.05) is 17.8 Å². The minimum absolute atomic E-state index is 0.126. The Kier molecular flexibility index (Phi) is 2.60. The molecule has 0 N–H and O–H groups in total. The molecule has 1 aromatic carbocycles. The van der Waals surface area contributed by atoms with Gasteiger partial charge in [-0.1, -0.05) is 0 Å². The van der Waals surface area contributed by atoms with Crippen LogP contribution in [0.5, 0.6) is 0 Å². The molecular formula is C14H16N2O3. The summed E-state index contributed by atoms with van der Waals surface area (Å²) in [5.41, 5.74) is 1.85. The van der Waals surface area contributed by atoms with Crippen molar-refractivity contribution in [3.05, 3.63) is 40.1 Å². The van der Waals surface area contributed by atoms with Gasteiger partial charge in [0.1, 0.15) is 0 Å². The van der Waals surface area contributed by atoms with Gasteiger partial charge in [-0.05, 0) is 25.8 Å². The number of nitro groups is 1. The number of rotatable bonds is 2. The average molecular weight is 260 g/mol. The lowest BCUT2D eigenvalue weighted by molar-refractivity contribution is -0.384. The summed E-state index contributed by atoms with van der Waals surface area (Å²) in [7, 11) is 1.95. The van der Waals surface area contributed by atoms with E-state index in [2.05, 4.69) is 6.92 Å². The van der Waals surface area contributed by atoms with Crippen molar-refractivity contribution in [1.29, 1.82) is 0 Å². The zero-order valence-electron chi connectivity index (χ0n) is 11.0.